The fourth-order valence-corrected chi connectivity index (χ4v) is 0.226. The van der Waals surface area contributed by atoms with E-state index >= 15 is 0 Å². The maximum absolute atomic E-state index is 9.71. The van der Waals surface area contributed by atoms with Crippen molar-refractivity contribution in [3.63, 3.8) is 0 Å². The molecule has 9 heavy (non-hydrogen) atoms. The molecule has 0 atom stereocenters. The topological polar surface area (TPSA) is 37.3 Å². The van der Waals surface area contributed by atoms with E-state index in [1.54, 1.807) is 6.08 Å². The van der Waals surface area contributed by atoms with Crippen LogP contribution in [0, 0.1) is 0 Å². The van der Waals surface area contributed by atoms with Gasteiger partial charge in [-0.15, -0.1) is 19.7 Å². The Morgan fingerprint density at radius 3 is 2.11 bits per heavy atom. The Hall–Kier alpha value is -1.05. The molecule has 1 N–H and O–H groups in total. The fourth-order valence-electron chi connectivity index (χ4n) is 0.226. The van der Waals surface area contributed by atoms with Crippen LogP contribution in [0.1, 0.15) is 12.8 Å². The number of carbonyl (C=O) groups is 1. The lowest BCUT2D eigenvalue weighted by Gasteiger charge is -1.82. The van der Waals surface area contributed by atoms with E-state index in [2.05, 4.69) is 19.7 Å². The van der Waals surface area contributed by atoms with E-state index in [-0.39, 0.29) is 6.42 Å². The van der Waals surface area contributed by atoms with Crippen LogP contribution < -0.4 is 0 Å². The predicted octanol–water partition coefficient (Wildman–Crippen LogP) is 1.84. The van der Waals surface area contributed by atoms with Crippen LogP contribution in [0.5, 0.6) is 0 Å². The van der Waals surface area contributed by atoms with Gasteiger partial charge in [-0.25, -0.2) is 0 Å². The van der Waals surface area contributed by atoms with Crippen molar-refractivity contribution in [2.45, 2.75) is 12.8 Å². The van der Waals surface area contributed by atoms with Crippen LogP contribution in [0.15, 0.2) is 25.8 Å². The number of carboxylic acid groups (broad SMARTS) is 1. The number of hydrogen-bond acceptors (Lipinski definition) is 1. The highest BCUT2D eigenvalue weighted by Gasteiger charge is 1.89. The monoisotopic (exact) mass is 128 g/mol. The SMILES string of the molecule is C=C.C=CCCC(=O)O. The molecule has 0 aliphatic heterocycles. The zero-order chi connectivity index (χ0) is 7.70. The van der Waals surface area contributed by atoms with E-state index in [9.17, 15) is 4.79 Å². The third-order valence-electron chi connectivity index (χ3n) is 0.562. The molecule has 0 heterocycles. The predicted molar refractivity (Wildman–Crippen MR) is 38.3 cm³/mol. The van der Waals surface area contributed by atoms with Crippen LogP contribution in [0.3, 0.4) is 0 Å². The van der Waals surface area contributed by atoms with Gasteiger partial charge in [0.05, 0.1) is 0 Å². The molecule has 0 unspecified atom stereocenters. The largest absolute Gasteiger partial charge is 0.481 e. The molecule has 0 bridgehead atoms. The summed E-state index contributed by atoms with van der Waals surface area (Å²) in [6, 6.07) is 0. The van der Waals surface area contributed by atoms with Gasteiger partial charge in [0.15, 0.2) is 0 Å². The standard InChI is InChI=1S/C5H8O2.C2H4/c1-2-3-4-5(6)7;1-2/h2H,1,3-4H2,(H,6,7);1-2H2. The Balaban J connectivity index is 0. The lowest BCUT2D eigenvalue weighted by molar-refractivity contribution is -0.136. The number of hydrogen-bond donors (Lipinski definition) is 1. The first kappa shape index (κ1) is 10.8. The van der Waals surface area contributed by atoms with Gasteiger partial charge in [0.2, 0.25) is 0 Å². The van der Waals surface area contributed by atoms with Gasteiger partial charge in [-0.05, 0) is 6.42 Å². The van der Waals surface area contributed by atoms with Gasteiger partial charge >= 0.3 is 5.97 Å². The van der Waals surface area contributed by atoms with Crippen molar-refractivity contribution in [1.29, 1.82) is 0 Å². The normalized spacial score (nSPS) is 6.67. The zero-order valence-corrected chi connectivity index (χ0v) is 5.47. The molecule has 0 aromatic heterocycles. The highest BCUT2D eigenvalue weighted by molar-refractivity contribution is 5.66. The molecule has 0 rings (SSSR count). The number of aliphatic carboxylic acids is 1. The summed E-state index contributed by atoms with van der Waals surface area (Å²) in [6.07, 6.45) is 2.35. The van der Waals surface area contributed by atoms with E-state index in [0.717, 1.165) is 0 Å². The van der Waals surface area contributed by atoms with Gasteiger partial charge in [0.25, 0.3) is 0 Å². The van der Waals surface area contributed by atoms with Crippen LogP contribution in [-0.4, -0.2) is 11.1 Å². The second kappa shape index (κ2) is 10.0. The first-order valence-electron chi connectivity index (χ1n) is 2.60. The lowest BCUT2D eigenvalue weighted by atomic mass is 10.3. The van der Waals surface area contributed by atoms with Crippen molar-refractivity contribution in [3.8, 4) is 0 Å². The zero-order valence-electron chi connectivity index (χ0n) is 5.47. The van der Waals surface area contributed by atoms with Crippen LogP contribution in [-0.2, 0) is 4.79 Å². The molecule has 0 aliphatic rings. The summed E-state index contributed by atoms with van der Waals surface area (Å²) in [5.41, 5.74) is 0. The molecule has 0 radical (unpaired) electrons. The van der Waals surface area contributed by atoms with Crippen LogP contribution in [0.2, 0.25) is 0 Å². The molecular formula is C7H12O2. The Morgan fingerprint density at radius 1 is 1.56 bits per heavy atom. The average Bonchev–Trinajstić information content (AvgIpc) is 1.88. The van der Waals surface area contributed by atoms with Gasteiger partial charge < -0.3 is 5.11 Å². The molecule has 2 nitrogen and oxygen atoms in total. The minimum absolute atomic E-state index is 0.198. The molecular weight excluding hydrogens is 116 g/mol. The van der Waals surface area contributed by atoms with Crippen molar-refractivity contribution >= 4 is 5.97 Å². The van der Waals surface area contributed by atoms with Crippen LogP contribution in [0.25, 0.3) is 0 Å². The summed E-state index contributed by atoms with van der Waals surface area (Å²) in [6.45, 7) is 9.37. The van der Waals surface area contributed by atoms with Gasteiger partial charge in [0.1, 0.15) is 0 Å². The van der Waals surface area contributed by atoms with Gasteiger partial charge in [-0.1, -0.05) is 6.08 Å². The Labute approximate surface area is 55.5 Å². The molecule has 2 heteroatoms. The van der Waals surface area contributed by atoms with E-state index < -0.39 is 5.97 Å². The summed E-state index contributed by atoms with van der Waals surface area (Å²) in [5, 5.41) is 8.00. The van der Waals surface area contributed by atoms with Crippen molar-refractivity contribution in [2.24, 2.45) is 0 Å². The number of rotatable bonds is 3. The lowest BCUT2D eigenvalue weighted by Crippen LogP contribution is -1.90. The summed E-state index contributed by atoms with van der Waals surface area (Å²) in [5.74, 6) is -0.764. The van der Waals surface area contributed by atoms with Crippen LogP contribution >= 0.6 is 0 Å². The third kappa shape index (κ3) is 19.6. The van der Waals surface area contributed by atoms with Crippen molar-refractivity contribution in [2.75, 3.05) is 0 Å². The average molecular weight is 128 g/mol. The summed E-state index contributed by atoms with van der Waals surface area (Å²) < 4.78 is 0. The van der Waals surface area contributed by atoms with Crippen molar-refractivity contribution in [3.05, 3.63) is 25.8 Å². The smallest absolute Gasteiger partial charge is 0.303 e. The molecule has 0 aromatic rings. The second-order valence-corrected chi connectivity index (χ2v) is 1.22. The van der Waals surface area contributed by atoms with Gasteiger partial charge in [0, 0.05) is 6.42 Å². The molecule has 0 fully saturated rings. The molecule has 0 aliphatic carbocycles. The first-order valence-corrected chi connectivity index (χ1v) is 2.60. The maximum Gasteiger partial charge on any atom is 0.303 e. The summed E-state index contributed by atoms with van der Waals surface area (Å²) in [4.78, 5) is 9.71. The molecule has 52 valence electrons. The fraction of sp³-hybridized carbons (Fsp3) is 0.286. The minimum atomic E-state index is -0.764. The molecule has 0 saturated heterocycles. The number of carboxylic acids is 1. The Kier molecular flexibility index (Phi) is 12.1. The minimum Gasteiger partial charge on any atom is -0.481 e. The highest BCUT2D eigenvalue weighted by atomic mass is 16.4. The quantitative estimate of drug-likeness (QED) is 0.589. The Morgan fingerprint density at radius 2 is 2.00 bits per heavy atom. The van der Waals surface area contributed by atoms with Gasteiger partial charge in [-0.3, -0.25) is 4.79 Å². The molecule has 0 aromatic carbocycles. The van der Waals surface area contributed by atoms with Gasteiger partial charge in [-0.2, -0.15) is 0 Å². The van der Waals surface area contributed by atoms with E-state index in [4.69, 9.17) is 5.11 Å². The third-order valence-corrected chi connectivity index (χ3v) is 0.562. The van der Waals surface area contributed by atoms with E-state index in [1.807, 2.05) is 0 Å². The second-order valence-electron chi connectivity index (χ2n) is 1.22. The van der Waals surface area contributed by atoms with Crippen LogP contribution in [0.4, 0.5) is 0 Å². The van der Waals surface area contributed by atoms with Crippen molar-refractivity contribution in [1.82, 2.24) is 0 Å². The molecule has 0 saturated carbocycles. The van der Waals surface area contributed by atoms with Crippen molar-refractivity contribution < 1.29 is 9.90 Å². The first-order chi connectivity index (χ1) is 4.27. The summed E-state index contributed by atoms with van der Waals surface area (Å²) in [7, 11) is 0. The molecule has 0 spiro atoms. The highest BCUT2D eigenvalue weighted by Crippen LogP contribution is 1.86. The maximum atomic E-state index is 9.71. The molecule has 0 amide bonds. The summed E-state index contributed by atoms with van der Waals surface area (Å²) >= 11 is 0. The van der Waals surface area contributed by atoms with E-state index in [1.165, 1.54) is 0 Å². The van der Waals surface area contributed by atoms with E-state index in [0.29, 0.717) is 6.42 Å². The number of allylic oxidation sites excluding steroid dienone is 1. The Bertz CT molecular complexity index is 86.9.